The minimum Gasteiger partial charge on any atom is -0.481 e. The maximum Gasteiger partial charge on any atom is 0.396 e. The maximum absolute atomic E-state index is 15.1. The molecule has 5 aromatic rings. The highest BCUT2D eigenvalue weighted by Crippen LogP contribution is 2.40. The molecule has 23 nitrogen and oxygen atoms in total. The molecule has 0 bridgehead atoms. The molecule has 8 N–H and O–H groups in total. The number of imide groups is 1. The molecule has 4 aliphatic rings. The number of benzene rings is 3. The number of rotatable bonds is 18. The molecule has 24 heteroatoms. The molecule has 0 radical (unpaired) electrons. The van der Waals surface area contributed by atoms with E-state index >= 15 is 4.79 Å². The van der Waals surface area contributed by atoms with Gasteiger partial charge >= 0.3 is 19.3 Å². The third-order valence-corrected chi connectivity index (χ3v) is 17.4. The SMILES string of the molecule is CC(C)c1ccc(CNC(=O)[C@H](CCC(=O)O)NC(=O)[C@@H]2CC[C@@H]3CCN(C(=O)[C@H]4CC[C@@H](CCc5ccc6c(c5)n(C)c(=O)n6C5CCC(=O)NC5=O)CC4)C[C@H](NC(=O)c4cc5cc(C(=O)P(=O)(O)O)ccc5[nH]4)C(=O)N32)cc1. The van der Waals surface area contributed by atoms with Crippen molar-refractivity contribution in [3.05, 3.63) is 105 Å². The first-order chi connectivity index (χ1) is 38.5. The third-order valence-electron chi connectivity index (χ3n) is 16.6. The number of aromatic nitrogens is 3. The average molecular weight is 1130 g/mol. The van der Waals surface area contributed by atoms with Gasteiger partial charge in [-0.05, 0) is 136 Å². The van der Waals surface area contributed by atoms with Crippen LogP contribution in [0.2, 0.25) is 0 Å². The number of piperidine rings is 1. The van der Waals surface area contributed by atoms with Gasteiger partial charge in [-0.25, -0.2) is 4.79 Å². The zero-order chi connectivity index (χ0) is 58.0. The monoisotopic (exact) mass is 1130 g/mol. The van der Waals surface area contributed by atoms with Crippen molar-refractivity contribution in [2.24, 2.45) is 18.9 Å². The van der Waals surface area contributed by atoms with Crippen molar-refractivity contribution in [1.82, 2.24) is 45.2 Å². The van der Waals surface area contributed by atoms with Crippen LogP contribution in [0.15, 0.2) is 71.5 Å². The van der Waals surface area contributed by atoms with Crippen LogP contribution in [0.4, 0.5) is 0 Å². The molecule has 430 valence electrons. The number of aliphatic carboxylic acids is 1. The maximum atomic E-state index is 15.1. The van der Waals surface area contributed by atoms with Gasteiger partial charge in [0.05, 0.1) is 11.0 Å². The van der Waals surface area contributed by atoms with Gasteiger partial charge in [0.1, 0.15) is 29.9 Å². The van der Waals surface area contributed by atoms with Gasteiger partial charge in [-0.15, -0.1) is 0 Å². The molecule has 5 heterocycles. The summed E-state index contributed by atoms with van der Waals surface area (Å²) in [7, 11) is -3.47. The molecular weight excluding hydrogens is 1070 g/mol. The fraction of sp³-hybridized carbons (Fsp3) is 0.474. The largest absolute Gasteiger partial charge is 0.481 e. The zero-order valence-corrected chi connectivity index (χ0v) is 46.2. The highest BCUT2D eigenvalue weighted by Gasteiger charge is 2.47. The summed E-state index contributed by atoms with van der Waals surface area (Å²) >= 11 is 0. The van der Waals surface area contributed by atoms with Gasteiger partial charge in [0.15, 0.2) is 0 Å². The van der Waals surface area contributed by atoms with Crippen LogP contribution in [0.1, 0.15) is 140 Å². The fourth-order valence-electron chi connectivity index (χ4n) is 12.0. The minimum absolute atomic E-state index is 0.0677. The van der Waals surface area contributed by atoms with Crippen LogP contribution in [-0.4, -0.2) is 129 Å². The van der Waals surface area contributed by atoms with Gasteiger partial charge in [0.2, 0.25) is 35.4 Å². The van der Waals surface area contributed by atoms with E-state index in [-0.39, 0.29) is 91.3 Å². The Morgan fingerprint density at radius 3 is 2.25 bits per heavy atom. The third kappa shape index (κ3) is 12.9. The molecule has 4 fully saturated rings. The highest BCUT2D eigenvalue weighted by atomic mass is 31.2. The predicted octanol–water partition coefficient (Wildman–Crippen LogP) is 4.04. The van der Waals surface area contributed by atoms with E-state index in [9.17, 15) is 62.6 Å². The topological polar surface area (TPSA) is 329 Å². The summed E-state index contributed by atoms with van der Waals surface area (Å²) in [6, 6.07) is 13.4. The summed E-state index contributed by atoms with van der Waals surface area (Å²) in [5, 5.41) is 20.5. The Morgan fingerprint density at radius 1 is 0.827 bits per heavy atom. The number of carboxylic acids is 1. The number of carboxylic acid groups (broad SMARTS) is 1. The quantitative estimate of drug-likeness (QED) is 0.0454. The van der Waals surface area contributed by atoms with Crippen LogP contribution >= 0.6 is 7.60 Å². The van der Waals surface area contributed by atoms with Crippen LogP contribution in [0, 0.1) is 11.8 Å². The molecule has 9 rings (SSSR count). The summed E-state index contributed by atoms with van der Waals surface area (Å²) in [6.45, 7) is 4.17. The molecule has 3 aliphatic heterocycles. The number of aryl methyl sites for hydroxylation is 2. The van der Waals surface area contributed by atoms with Crippen LogP contribution in [0.25, 0.3) is 21.9 Å². The summed E-state index contributed by atoms with van der Waals surface area (Å²) in [5.74, 6) is -4.74. The summed E-state index contributed by atoms with van der Waals surface area (Å²) < 4.78 is 14.7. The number of fused-ring (bicyclic) bond motifs is 3. The smallest absolute Gasteiger partial charge is 0.396 e. The molecule has 2 aromatic heterocycles. The number of H-pyrrole nitrogens is 1. The molecule has 1 saturated carbocycles. The fourth-order valence-corrected chi connectivity index (χ4v) is 12.5. The van der Waals surface area contributed by atoms with Crippen LogP contribution in [-0.2, 0) is 58.1 Å². The summed E-state index contributed by atoms with van der Waals surface area (Å²) in [4.78, 5) is 159. The normalized spacial score (nSPS) is 22.0. The Kier molecular flexibility index (Phi) is 17.3. The number of carbonyl (C=O) groups is 9. The van der Waals surface area contributed by atoms with E-state index in [2.05, 4.69) is 40.1 Å². The van der Waals surface area contributed by atoms with E-state index < -0.39 is 85.3 Å². The van der Waals surface area contributed by atoms with Crippen molar-refractivity contribution in [2.45, 2.75) is 140 Å². The Bertz CT molecular complexity index is 3420. The van der Waals surface area contributed by atoms with Gasteiger partial charge in [0.25, 0.3) is 11.4 Å². The minimum atomic E-state index is -5.13. The molecular formula is C57H68N9O14P. The first kappa shape index (κ1) is 57.9. The average Bonchev–Trinajstić information content (AvgIpc) is 4.26. The summed E-state index contributed by atoms with van der Waals surface area (Å²) in [5.41, 5.74) is 2.43. The number of carbonyl (C=O) groups excluding carboxylic acids is 8. The van der Waals surface area contributed by atoms with E-state index in [1.807, 2.05) is 42.5 Å². The van der Waals surface area contributed by atoms with Gasteiger partial charge in [-0.3, -0.25) is 62.2 Å². The molecule has 81 heavy (non-hydrogen) atoms. The first-order valence-corrected chi connectivity index (χ1v) is 29.2. The Balaban J connectivity index is 0.890. The zero-order valence-electron chi connectivity index (χ0n) is 45.4. The van der Waals surface area contributed by atoms with Crippen molar-refractivity contribution in [3.8, 4) is 0 Å². The number of hydrogen-bond acceptors (Lipinski definition) is 11. The van der Waals surface area contributed by atoms with E-state index in [0.29, 0.717) is 54.6 Å². The Hall–Kier alpha value is -7.75. The van der Waals surface area contributed by atoms with Crippen LogP contribution in [0.5, 0.6) is 0 Å². The molecule has 5 atom stereocenters. The second kappa shape index (κ2) is 24.1. The molecule has 3 aromatic carbocycles. The lowest BCUT2D eigenvalue weighted by atomic mass is 9.79. The van der Waals surface area contributed by atoms with E-state index in [1.54, 1.807) is 11.9 Å². The standard InChI is InChI=1S/C57H68N9O14P/c1-31(2)35-11-8-34(9-12-35)29-58-50(70)41(18-23-49(68)69)60-52(72)45-20-16-39-24-25-64(30-43(55(75)65(39)45)61-51(71)42-28-38-27-37(15-17-40(38)59-42)56(76)81(78,79)80)54(74)36-13-6-32(7-14-36)4-5-33-10-19-44-47(26-33)63(3)57(77)66(44)46-21-22-48(67)62-53(46)73/h8-12,15,17,19,26-28,31-32,36,39,41,43,45-46,59H,4-7,13-14,16,18,20-25,29-30H2,1-3H3,(H,58,70)(H,60,72)(H,61,71)(H,68,69)(H,62,67,73)(H2,78,79,80)/t32-,36+,39-,41+,43+,45+,46?/m1/s1. The van der Waals surface area contributed by atoms with E-state index in [1.165, 1.54) is 38.3 Å². The van der Waals surface area contributed by atoms with Crippen molar-refractivity contribution in [2.75, 3.05) is 13.1 Å². The predicted molar refractivity (Wildman–Crippen MR) is 294 cm³/mol. The van der Waals surface area contributed by atoms with E-state index in [4.69, 9.17) is 0 Å². The first-order valence-electron chi connectivity index (χ1n) is 27.6. The van der Waals surface area contributed by atoms with Gasteiger partial charge in [0, 0.05) is 67.9 Å². The molecule has 7 amide bonds. The number of aromatic amines is 1. The molecule has 0 spiro atoms. The molecule has 1 aliphatic carbocycles. The Morgan fingerprint density at radius 2 is 1.56 bits per heavy atom. The second-order valence-electron chi connectivity index (χ2n) is 22.3. The van der Waals surface area contributed by atoms with E-state index in [0.717, 1.165) is 36.0 Å². The molecule has 3 saturated heterocycles. The molecule has 1 unspecified atom stereocenters. The Labute approximate surface area is 465 Å². The lowest BCUT2D eigenvalue weighted by Gasteiger charge is -2.40. The number of hydrogen-bond donors (Lipinski definition) is 8. The van der Waals surface area contributed by atoms with Crippen LogP contribution < -0.4 is 27.0 Å². The summed E-state index contributed by atoms with van der Waals surface area (Å²) in [6.07, 6.45) is 4.72. The lowest BCUT2D eigenvalue weighted by molar-refractivity contribution is -0.147. The van der Waals surface area contributed by atoms with Crippen LogP contribution in [0.3, 0.4) is 0 Å². The van der Waals surface area contributed by atoms with Gasteiger partial charge in [-0.1, -0.05) is 44.2 Å². The number of nitrogens with one attached hydrogen (secondary N) is 5. The number of nitrogens with zero attached hydrogens (tertiary/aromatic N) is 4. The van der Waals surface area contributed by atoms with Crippen molar-refractivity contribution >= 4 is 82.4 Å². The second-order valence-corrected chi connectivity index (χ2v) is 23.8. The highest BCUT2D eigenvalue weighted by molar-refractivity contribution is 7.70. The number of amides is 7. The number of imidazole rings is 1. The van der Waals surface area contributed by atoms with Crippen molar-refractivity contribution in [3.63, 3.8) is 0 Å². The van der Waals surface area contributed by atoms with Gasteiger partial charge < -0.3 is 45.6 Å². The van der Waals surface area contributed by atoms with Gasteiger partial charge in [-0.2, -0.15) is 0 Å². The lowest BCUT2D eigenvalue weighted by Crippen LogP contribution is -2.62. The van der Waals surface area contributed by atoms with Crippen molar-refractivity contribution < 1.29 is 62.6 Å². The van der Waals surface area contributed by atoms with Crippen molar-refractivity contribution in [1.29, 1.82) is 0 Å².